The number of carboxylic acids is 1. The van der Waals surface area contributed by atoms with Crippen LogP contribution in [0, 0.1) is 0 Å². The van der Waals surface area contributed by atoms with Crippen LogP contribution in [0.2, 0.25) is 0 Å². The van der Waals surface area contributed by atoms with Gasteiger partial charge in [0.2, 0.25) is 0 Å². The topological polar surface area (TPSA) is 51.5 Å². The highest BCUT2D eigenvalue weighted by atomic mass is 16.7. The number of carboxylic acid groups (broad SMARTS) is 1. The van der Waals surface area contributed by atoms with E-state index >= 15 is 0 Å². The molecule has 0 amide bonds. The summed E-state index contributed by atoms with van der Waals surface area (Å²) < 4.78 is 1.28. The summed E-state index contributed by atoms with van der Waals surface area (Å²) in [5.74, 6) is -1.01. The van der Waals surface area contributed by atoms with E-state index in [9.17, 15) is 4.79 Å². The monoisotopic (exact) mass is 267 g/mol. The van der Waals surface area contributed by atoms with Crippen molar-refractivity contribution in [2.24, 2.45) is 0 Å². The summed E-state index contributed by atoms with van der Waals surface area (Å²) in [7, 11) is 0. The molecule has 4 heteroatoms. The first kappa shape index (κ1) is 12.3. The van der Waals surface area contributed by atoms with Crippen molar-refractivity contribution in [3.8, 4) is 0 Å². The van der Waals surface area contributed by atoms with Crippen molar-refractivity contribution in [3.05, 3.63) is 72.1 Å². The normalized spacial score (nSPS) is 10.6. The Balaban J connectivity index is 1.79. The molecule has 0 radical (unpaired) electrons. The number of carbonyl (C=O) groups is 1. The molecule has 0 aliphatic carbocycles. The van der Waals surface area contributed by atoms with E-state index in [1.807, 2.05) is 36.4 Å². The third kappa shape index (κ3) is 2.36. The number of rotatable bonds is 4. The minimum absolute atomic E-state index is 0.116. The number of aromatic nitrogens is 1. The number of benzene rings is 2. The lowest BCUT2D eigenvalue weighted by Crippen LogP contribution is -2.16. The van der Waals surface area contributed by atoms with Gasteiger partial charge in [-0.2, -0.15) is 4.73 Å². The van der Waals surface area contributed by atoms with Crippen LogP contribution in [0.1, 0.15) is 16.1 Å². The van der Waals surface area contributed by atoms with E-state index in [1.54, 1.807) is 12.3 Å². The smallest absolute Gasteiger partial charge is 0.355 e. The number of fused-ring (bicyclic) bond motifs is 1. The maximum absolute atomic E-state index is 11.0. The fourth-order valence-corrected chi connectivity index (χ4v) is 2.12. The Kier molecular flexibility index (Phi) is 3.13. The summed E-state index contributed by atoms with van der Waals surface area (Å²) in [5.41, 5.74) is 1.11. The number of nitrogens with zero attached hydrogens (tertiary/aromatic N) is 1. The Morgan fingerprint density at radius 1 is 1.05 bits per heavy atom. The molecule has 0 saturated heterocycles. The minimum atomic E-state index is -1.01. The van der Waals surface area contributed by atoms with Gasteiger partial charge < -0.3 is 9.94 Å². The number of hydrogen-bond acceptors (Lipinski definition) is 2. The summed E-state index contributed by atoms with van der Waals surface area (Å²) in [6.07, 6.45) is 1.59. The zero-order valence-corrected chi connectivity index (χ0v) is 10.7. The largest absolute Gasteiger partial charge is 0.476 e. The van der Waals surface area contributed by atoms with Crippen molar-refractivity contribution in [1.82, 2.24) is 4.73 Å². The quantitative estimate of drug-likeness (QED) is 0.790. The van der Waals surface area contributed by atoms with Crippen LogP contribution in [-0.4, -0.2) is 15.8 Å². The van der Waals surface area contributed by atoms with Crippen LogP contribution in [0.4, 0.5) is 0 Å². The Hall–Kier alpha value is -2.75. The molecule has 0 aliphatic heterocycles. The second kappa shape index (κ2) is 5.09. The lowest BCUT2D eigenvalue weighted by atomic mass is 10.1. The maximum Gasteiger partial charge on any atom is 0.355 e. The molecule has 1 aromatic heterocycles. The van der Waals surface area contributed by atoms with Gasteiger partial charge in [0.15, 0.2) is 5.69 Å². The lowest BCUT2D eigenvalue weighted by molar-refractivity contribution is 0.0568. The predicted octanol–water partition coefficient (Wildman–Crippen LogP) is 2.97. The van der Waals surface area contributed by atoms with E-state index < -0.39 is 5.97 Å². The molecular formula is C16H13NO3. The maximum atomic E-state index is 11.0. The van der Waals surface area contributed by atoms with Gasteiger partial charge >= 0.3 is 5.97 Å². The highest BCUT2D eigenvalue weighted by Gasteiger charge is 2.09. The molecule has 100 valence electrons. The van der Waals surface area contributed by atoms with E-state index in [0.717, 1.165) is 10.9 Å². The van der Waals surface area contributed by atoms with Gasteiger partial charge in [0.05, 0.1) is 0 Å². The van der Waals surface area contributed by atoms with E-state index in [-0.39, 0.29) is 5.69 Å². The molecule has 20 heavy (non-hydrogen) atoms. The lowest BCUT2D eigenvalue weighted by Gasteiger charge is -2.09. The Morgan fingerprint density at radius 3 is 2.65 bits per heavy atom. The summed E-state index contributed by atoms with van der Waals surface area (Å²) in [5, 5.41) is 11.3. The van der Waals surface area contributed by atoms with Crippen LogP contribution < -0.4 is 4.84 Å². The highest BCUT2D eigenvalue weighted by Crippen LogP contribution is 2.15. The number of hydrogen-bond donors (Lipinski definition) is 1. The van der Waals surface area contributed by atoms with E-state index in [1.165, 1.54) is 16.2 Å². The molecule has 0 unspecified atom stereocenters. The van der Waals surface area contributed by atoms with Crippen molar-refractivity contribution in [2.75, 3.05) is 0 Å². The van der Waals surface area contributed by atoms with Crippen LogP contribution in [0.15, 0.2) is 60.8 Å². The van der Waals surface area contributed by atoms with E-state index in [2.05, 4.69) is 6.07 Å². The van der Waals surface area contributed by atoms with Gasteiger partial charge in [-0.05, 0) is 34.5 Å². The molecule has 2 aromatic carbocycles. The molecule has 0 saturated carbocycles. The third-order valence-corrected chi connectivity index (χ3v) is 3.12. The van der Waals surface area contributed by atoms with Crippen molar-refractivity contribution in [3.63, 3.8) is 0 Å². The Morgan fingerprint density at radius 2 is 1.85 bits per heavy atom. The fraction of sp³-hybridized carbons (Fsp3) is 0.0625. The zero-order chi connectivity index (χ0) is 13.9. The second-order valence-electron chi connectivity index (χ2n) is 4.48. The van der Waals surface area contributed by atoms with Crippen molar-refractivity contribution >= 4 is 16.7 Å². The van der Waals surface area contributed by atoms with Crippen molar-refractivity contribution in [1.29, 1.82) is 0 Å². The first-order valence-corrected chi connectivity index (χ1v) is 6.26. The number of aromatic carboxylic acids is 1. The first-order valence-electron chi connectivity index (χ1n) is 6.26. The molecule has 3 aromatic rings. The third-order valence-electron chi connectivity index (χ3n) is 3.12. The van der Waals surface area contributed by atoms with Crippen LogP contribution in [0.5, 0.6) is 0 Å². The molecule has 3 rings (SSSR count). The fourth-order valence-electron chi connectivity index (χ4n) is 2.12. The molecule has 0 fully saturated rings. The minimum Gasteiger partial charge on any atom is -0.476 e. The summed E-state index contributed by atoms with van der Waals surface area (Å²) in [6, 6.07) is 17.3. The molecule has 4 nitrogen and oxygen atoms in total. The van der Waals surface area contributed by atoms with Crippen LogP contribution in [0.25, 0.3) is 10.8 Å². The van der Waals surface area contributed by atoms with Crippen LogP contribution in [-0.2, 0) is 6.61 Å². The van der Waals surface area contributed by atoms with Crippen LogP contribution in [0.3, 0.4) is 0 Å². The van der Waals surface area contributed by atoms with Crippen molar-refractivity contribution in [2.45, 2.75) is 6.61 Å². The molecular weight excluding hydrogens is 254 g/mol. The SMILES string of the molecule is O=C(O)c1cccn1OCc1ccc2ccccc2c1. The first-order chi connectivity index (χ1) is 9.74. The highest BCUT2D eigenvalue weighted by molar-refractivity contribution is 5.85. The van der Waals surface area contributed by atoms with E-state index in [4.69, 9.17) is 9.94 Å². The van der Waals surface area contributed by atoms with Crippen molar-refractivity contribution < 1.29 is 14.7 Å². The summed E-state index contributed by atoms with van der Waals surface area (Å²) in [6.45, 7) is 0.319. The average Bonchev–Trinajstić information content (AvgIpc) is 2.93. The molecule has 0 atom stereocenters. The van der Waals surface area contributed by atoms with Gasteiger partial charge in [0.1, 0.15) is 6.61 Å². The molecule has 0 spiro atoms. The summed E-state index contributed by atoms with van der Waals surface area (Å²) in [4.78, 5) is 16.5. The van der Waals surface area contributed by atoms with Gasteiger partial charge in [0.25, 0.3) is 0 Å². The predicted molar refractivity (Wildman–Crippen MR) is 75.6 cm³/mol. The van der Waals surface area contributed by atoms with Gasteiger partial charge in [-0.1, -0.05) is 36.4 Å². The molecule has 0 aliphatic rings. The second-order valence-corrected chi connectivity index (χ2v) is 4.48. The van der Waals surface area contributed by atoms with Crippen LogP contribution >= 0.6 is 0 Å². The average molecular weight is 267 g/mol. The van der Waals surface area contributed by atoms with E-state index in [0.29, 0.717) is 6.61 Å². The standard InChI is InChI=1S/C16H13NO3/c18-16(19)15-6-3-9-17(15)20-11-12-7-8-13-4-1-2-5-14(13)10-12/h1-10H,11H2,(H,18,19). The molecule has 0 bridgehead atoms. The van der Waals surface area contributed by atoms with Gasteiger partial charge in [-0.3, -0.25) is 0 Å². The van der Waals surface area contributed by atoms with Gasteiger partial charge in [0, 0.05) is 6.20 Å². The van der Waals surface area contributed by atoms with Gasteiger partial charge in [-0.15, -0.1) is 0 Å². The molecule has 1 heterocycles. The van der Waals surface area contributed by atoms with Gasteiger partial charge in [-0.25, -0.2) is 4.79 Å². The zero-order valence-electron chi connectivity index (χ0n) is 10.7. The Bertz CT molecular complexity index is 761. The summed E-state index contributed by atoms with van der Waals surface area (Å²) >= 11 is 0. The Labute approximate surface area is 115 Å². The molecule has 1 N–H and O–H groups in total.